The Morgan fingerprint density at radius 1 is 1.17 bits per heavy atom. The number of rotatable bonds is 6. The number of methoxy groups -OCH3 is 2. The molecule has 0 N–H and O–H groups in total. The van der Waals surface area contributed by atoms with E-state index >= 15 is 0 Å². The van der Waals surface area contributed by atoms with Gasteiger partial charge >= 0.3 is 0 Å². The Morgan fingerprint density at radius 2 is 2.00 bits per heavy atom. The van der Waals surface area contributed by atoms with Gasteiger partial charge in [-0.05, 0) is 18.1 Å². The predicted octanol–water partition coefficient (Wildman–Crippen LogP) is 1.81. The van der Waals surface area contributed by atoms with E-state index in [2.05, 4.69) is 9.88 Å². The summed E-state index contributed by atoms with van der Waals surface area (Å²) in [7, 11) is 3.25. The molecule has 1 amide bonds. The lowest BCUT2D eigenvalue weighted by Crippen LogP contribution is -2.37. The standard InChI is InChI=1S/C21H26N4O4/c1-27-17-5-3-15(19(11-17)28-2)4-6-20(26)25-13-16-12-22-21(23-18(16)14-25)24-7-9-29-10-8-24/h3,5,11-12H,4,6-10,13-14H2,1-2H3. The van der Waals surface area contributed by atoms with E-state index in [0.717, 1.165) is 47.4 Å². The zero-order valence-electron chi connectivity index (χ0n) is 16.9. The van der Waals surface area contributed by atoms with Crippen molar-refractivity contribution < 1.29 is 19.0 Å². The summed E-state index contributed by atoms with van der Waals surface area (Å²) in [5.74, 6) is 2.31. The van der Waals surface area contributed by atoms with Gasteiger partial charge in [-0.1, -0.05) is 6.07 Å². The van der Waals surface area contributed by atoms with Crippen LogP contribution in [0, 0.1) is 0 Å². The first-order chi connectivity index (χ1) is 14.2. The third-order valence-electron chi connectivity index (χ3n) is 5.39. The Bertz CT molecular complexity index is 883. The number of morpholine rings is 1. The van der Waals surface area contributed by atoms with Gasteiger partial charge in [0, 0.05) is 43.9 Å². The zero-order chi connectivity index (χ0) is 20.2. The average molecular weight is 398 g/mol. The van der Waals surface area contributed by atoms with Crippen LogP contribution in [-0.4, -0.2) is 61.3 Å². The van der Waals surface area contributed by atoms with Gasteiger partial charge in [0.2, 0.25) is 11.9 Å². The average Bonchev–Trinajstić information content (AvgIpc) is 3.21. The quantitative estimate of drug-likeness (QED) is 0.734. The van der Waals surface area contributed by atoms with E-state index in [1.807, 2.05) is 29.3 Å². The van der Waals surface area contributed by atoms with Crippen molar-refractivity contribution in [2.75, 3.05) is 45.4 Å². The van der Waals surface area contributed by atoms with Crippen LogP contribution in [0.2, 0.25) is 0 Å². The number of carbonyl (C=O) groups is 1. The van der Waals surface area contributed by atoms with Crippen molar-refractivity contribution >= 4 is 11.9 Å². The minimum absolute atomic E-state index is 0.105. The molecule has 0 atom stereocenters. The number of carbonyl (C=O) groups excluding carboxylic acids is 1. The summed E-state index contributed by atoms with van der Waals surface area (Å²) in [6.45, 7) is 4.08. The molecule has 29 heavy (non-hydrogen) atoms. The topological polar surface area (TPSA) is 77.0 Å². The maximum absolute atomic E-state index is 12.8. The van der Waals surface area contributed by atoms with Crippen LogP contribution in [0.3, 0.4) is 0 Å². The smallest absolute Gasteiger partial charge is 0.225 e. The third kappa shape index (κ3) is 4.27. The molecule has 1 fully saturated rings. The van der Waals surface area contributed by atoms with Crippen LogP contribution in [0.4, 0.5) is 5.95 Å². The van der Waals surface area contributed by atoms with Crippen molar-refractivity contribution in [3.63, 3.8) is 0 Å². The van der Waals surface area contributed by atoms with Crippen molar-refractivity contribution in [2.24, 2.45) is 0 Å². The molecular formula is C21H26N4O4. The van der Waals surface area contributed by atoms with Gasteiger partial charge in [0.15, 0.2) is 0 Å². The second-order valence-corrected chi connectivity index (χ2v) is 7.17. The fraction of sp³-hybridized carbons (Fsp3) is 0.476. The Balaban J connectivity index is 1.37. The number of nitrogens with zero attached hydrogens (tertiary/aromatic N) is 4. The van der Waals surface area contributed by atoms with Gasteiger partial charge in [0.1, 0.15) is 11.5 Å². The van der Waals surface area contributed by atoms with Crippen LogP contribution >= 0.6 is 0 Å². The highest BCUT2D eigenvalue weighted by atomic mass is 16.5. The minimum atomic E-state index is 0.105. The molecule has 154 valence electrons. The molecule has 0 saturated carbocycles. The lowest BCUT2D eigenvalue weighted by molar-refractivity contribution is -0.131. The van der Waals surface area contributed by atoms with Crippen molar-refractivity contribution in [2.45, 2.75) is 25.9 Å². The van der Waals surface area contributed by atoms with Crippen molar-refractivity contribution in [1.29, 1.82) is 0 Å². The van der Waals surface area contributed by atoms with Gasteiger partial charge in [0.05, 0.1) is 39.7 Å². The molecule has 0 bridgehead atoms. The number of anilines is 1. The Kier molecular flexibility index (Phi) is 5.80. The highest BCUT2D eigenvalue weighted by Gasteiger charge is 2.26. The zero-order valence-corrected chi connectivity index (χ0v) is 16.9. The third-order valence-corrected chi connectivity index (χ3v) is 5.39. The van der Waals surface area contributed by atoms with Gasteiger partial charge in [-0.25, -0.2) is 9.97 Å². The summed E-state index contributed by atoms with van der Waals surface area (Å²) < 4.78 is 16.0. The van der Waals surface area contributed by atoms with E-state index in [9.17, 15) is 4.79 Å². The summed E-state index contributed by atoms with van der Waals surface area (Å²) in [4.78, 5) is 26.0. The molecule has 2 aliphatic heterocycles. The van der Waals surface area contributed by atoms with E-state index in [1.54, 1.807) is 14.2 Å². The van der Waals surface area contributed by atoms with Gasteiger partial charge in [-0.3, -0.25) is 4.79 Å². The van der Waals surface area contributed by atoms with E-state index < -0.39 is 0 Å². The van der Waals surface area contributed by atoms with Crippen LogP contribution in [0.15, 0.2) is 24.4 Å². The van der Waals surface area contributed by atoms with Gasteiger partial charge in [0.25, 0.3) is 0 Å². The lowest BCUT2D eigenvalue weighted by atomic mass is 10.1. The molecule has 8 heteroatoms. The van der Waals surface area contributed by atoms with Gasteiger partial charge in [-0.2, -0.15) is 0 Å². The largest absolute Gasteiger partial charge is 0.497 e. The number of ether oxygens (including phenoxy) is 3. The Hall–Kier alpha value is -2.87. The number of fused-ring (bicyclic) bond motifs is 1. The van der Waals surface area contributed by atoms with Crippen LogP contribution in [-0.2, 0) is 29.0 Å². The Labute approximate surface area is 170 Å². The second kappa shape index (κ2) is 8.65. The number of hydrogen-bond donors (Lipinski definition) is 0. The molecule has 2 aliphatic rings. The monoisotopic (exact) mass is 398 g/mol. The number of amides is 1. The highest BCUT2D eigenvalue weighted by Crippen LogP contribution is 2.27. The summed E-state index contributed by atoms with van der Waals surface area (Å²) in [5.41, 5.74) is 2.96. The highest BCUT2D eigenvalue weighted by molar-refractivity contribution is 5.77. The Morgan fingerprint density at radius 3 is 2.76 bits per heavy atom. The van der Waals surface area contributed by atoms with Crippen LogP contribution < -0.4 is 14.4 Å². The number of benzene rings is 1. The fourth-order valence-electron chi connectivity index (χ4n) is 3.69. The van der Waals surface area contributed by atoms with Gasteiger partial charge < -0.3 is 24.0 Å². The molecule has 4 rings (SSSR count). The van der Waals surface area contributed by atoms with Crippen LogP contribution in [0.1, 0.15) is 23.2 Å². The normalized spacial score (nSPS) is 15.9. The van der Waals surface area contributed by atoms with E-state index in [1.165, 1.54) is 0 Å². The number of aryl methyl sites for hydroxylation is 1. The molecule has 3 heterocycles. The predicted molar refractivity (Wildman–Crippen MR) is 107 cm³/mol. The summed E-state index contributed by atoms with van der Waals surface area (Å²) in [6.07, 6.45) is 2.89. The molecule has 0 aliphatic carbocycles. The van der Waals surface area contributed by atoms with Crippen molar-refractivity contribution in [3.8, 4) is 11.5 Å². The van der Waals surface area contributed by atoms with E-state index in [0.29, 0.717) is 39.1 Å². The maximum Gasteiger partial charge on any atom is 0.225 e. The molecular weight excluding hydrogens is 372 g/mol. The first-order valence-corrected chi connectivity index (χ1v) is 9.84. The molecule has 8 nitrogen and oxygen atoms in total. The number of hydrogen-bond acceptors (Lipinski definition) is 7. The van der Waals surface area contributed by atoms with Crippen molar-refractivity contribution in [1.82, 2.24) is 14.9 Å². The minimum Gasteiger partial charge on any atom is -0.497 e. The molecule has 1 aromatic carbocycles. The summed E-state index contributed by atoms with van der Waals surface area (Å²) in [5, 5.41) is 0. The molecule has 1 saturated heterocycles. The van der Waals surface area contributed by atoms with Crippen LogP contribution in [0.25, 0.3) is 0 Å². The maximum atomic E-state index is 12.8. The summed E-state index contributed by atoms with van der Waals surface area (Å²) >= 11 is 0. The van der Waals surface area contributed by atoms with Crippen molar-refractivity contribution in [3.05, 3.63) is 41.2 Å². The van der Waals surface area contributed by atoms with E-state index in [-0.39, 0.29) is 5.91 Å². The van der Waals surface area contributed by atoms with E-state index in [4.69, 9.17) is 19.2 Å². The van der Waals surface area contributed by atoms with Crippen LogP contribution in [0.5, 0.6) is 11.5 Å². The summed E-state index contributed by atoms with van der Waals surface area (Å²) in [6, 6.07) is 5.68. The SMILES string of the molecule is COc1ccc(CCC(=O)N2Cc3cnc(N4CCOCC4)nc3C2)c(OC)c1. The molecule has 0 radical (unpaired) electrons. The molecule has 0 unspecified atom stereocenters. The number of aromatic nitrogens is 2. The van der Waals surface area contributed by atoms with Gasteiger partial charge in [-0.15, -0.1) is 0 Å². The fourth-order valence-corrected chi connectivity index (χ4v) is 3.69. The molecule has 1 aromatic heterocycles. The second-order valence-electron chi connectivity index (χ2n) is 7.17. The molecule has 0 spiro atoms. The lowest BCUT2D eigenvalue weighted by Gasteiger charge is -2.26. The first kappa shape index (κ1) is 19.4. The molecule has 2 aromatic rings. The first-order valence-electron chi connectivity index (χ1n) is 9.84.